The van der Waals surface area contributed by atoms with Crippen molar-refractivity contribution in [2.24, 2.45) is 0 Å². The van der Waals surface area contributed by atoms with E-state index < -0.39 is 5.97 Å². The predicted molar refractivity (Wildman–Crippen MR) is 110 cm³/mol. The van der Waals surface area contributed by atoms with Gasteiger partial charge >= 0.3 is 5.97 Å². The summed E-state index contributed by atoms with van der Waals surface area (Å²) in [5.41, 5.74) is 1.03. The van der Waals surface area contributed by atoms with Crippen molar-refractivity contribution >= 4 is 5.97 Å². The molecule has 1 unspecified atom stereocenters. The second-order valence-corrected chi connectivity index (χ2v) is 5.92. The van der Waals surface area contributed by atoms with Crippen LogP contribution < -0.4 is 10.1 Å². The average molecular weight is 393 g/mol. The number of allylic oxidation sites excluding steroid dienone is 2. The van der Waals surface area contributed by atoms with E-state index in [-0.39, 0.29) is 24.0 Å². The lowest BCUT2D eigenvalue weighted by Crippen LogP contribution is -2.29. The van der Waals surface area contributed by atoms with Gasteiger partial charge in [0.15, 0.2) is 23.0 Å². The van der Waals surface area contributed by atoms with Crippen molar-refractivity contribution in [2.75, 3.05) is 20.8 Å². The Morgan fingerprint density at radius 1 is 1.25 bits per heavy atom. The quantitative estimate of drug-likeness (QED) is 0.259. The van der Waals surface area contributed by atoms with E-state index in [1.165, 1.54) is 26.4 Å². The van der Waals surface area contributed by atoms with E-state index in [2.05, 4.69) is 18.5 Å². The number of aliphatic hydroxyl groups excluding tert-OH is 1. The zero-order valence-electron chi connectivity index (χ0n) is 16.8. The fraction of sp³-hybridized carbons (Fsp3) is 0.381. The molecule has 1 aromatic carbocycles. The summed E-state index contributed by atoms with van der Waals surface area (Å²) in [5.74, 6) is 0.168. The number of hydrogen-bond acceptors (Lipinski definition) is 6. The number of carboxylic acids is 1. The molecule has 0 aliphatic carbocycles. The first-order valence-electron chi connectivity index (χ1n) is 8.82. The van der Waals surface area contributed by atoms with Crippen LogP contribution in [0.2, 0.25) is 0 Å². The van der Waals surface area contributed by atoms with Crippen molar-refractivity contribution in [1.82, 2.24) is 5.32 Å². The molecule has 0 aliphatic rings. The van der Waals surface area contributed by atoms with Crippen molar-refractivity contribution in [3.8, 4) is 11.5 Å². The van der Waals surface area contributed by atoms with Gasteiger partial charge in [-0.1, -0.05) is 19.2 Å². The number of carbonyl (C=O) groups is 1. The number of aliphatic carboxylic acids is 1. The van der Waals surface area contributed by atoms with Gasteiger partial charge in [0.2, 0.25) is 0 Å². The summed E-state index contributed by atoms with van der Waals surface area (Å²) >= 11 is 0. The molecule has 0 amide bonds. The number of phenols is 1. The third kappa shape index (κ3) is 10.3. The summed E-state index contributed by atoms with van der Waals surface area (Å²) in [5, 5.41) is 30.3. The molecule has 0 fully saturated rings. The molecule has 1 atom stereocenters. The van der Waals surface area contributed by atoms with Crippen molar-refractivity contribution in [3.05, 3.63) is 60.6 Å². The Kier molecular flexibility index (Phi) is 12.7. The minimum Gasteiger partial charge on any atom is -0.504 e. The maximum atomic E-state index is 10.5. The van der Waals surface area contributed by atoms with Gasteiger partial charge in [-0.2, -0.15) is 0 Å². The Bertz CT molecular complexity index is 669. The molecule has 0 aromatic heterocycles. The molecular formula is C21H31NO6. The topological polar surface area (TPSA) is 108 Å². The summed E-state index contributed by atoms with van der Waals surface area (Å²) in [6.07, 6.45) is 4.54. The highest BCUT2D eigenvalue weighted by molar-refractivity contribution is 5.67. The van der Waals surface area contributed by atoms with Crippen LogP contribution in [0.1, 0.15) is 25.3 Å². The number of benzene rings is 1. The Morgan fingerprint density at radius 3 is 2.36 bits per heavy atom. The summed E-state index contributed by atoms with van der Waals surface area (Å²) < 4.78 is 9.67. The number of aryl methyl sites for hydroxylation is 1. The second-order valence-electron chi connectivity index (χ2n) is 5.92. The first-order valence-corrected chi connectivity index (χ1v) is 8.82. The van der Waals surface area contributed by atoms with Crippen LogP contribution in [0.15, 0.2) is 55.0 Å². The Morgan fingerprint density at radius 2 is 1.93 bits per heavy atom. The second kappa shape index (κ2) is 14.2. The molecule has 0 radical (unpaired) electrons. The number of methoxy groups -OCH3 is 2. The number of ether oxygens (including phenoxy) is 2. The van der Waals surface area contributed by atoms with Crippen molar-refractivity contribution in [3.63, 3.8) is 0 Å². The average Bonchev–Trinajstić information content (AvgIpc) is 2.66. The molecule has 0 saturated carbocycles. The van der Waals surface area contributed by atoms with Gasteiger partial charge in [-0.25, -0.2) is 0 Å². The highest BCUT2D eigenvalue weighted by Crippen LogP contribution is 2.26. The Hall–Kier alpha value is -2.93. The number of nitrogens with one attached hydrogen (secondary N) is 1. The lowest BCUT2D eigenvalue weighted by molar-refractivity contribution is -0.137. The smallest absolute Gasteiger partial charge is 0.304 e. The molecule has 28 heavy (non-hydrogen) atoms. The van der Waals surface area contributed by atoms with Crippen LogP contribution in [0.3, 0.4) is 0 Å². The highest BCUT2D eigenvalue weighted by Gasteiger charge is 2.06. The van der Waals surface area contributed by atoms with Gasteiger partial charge in [-0.3, -0.25) is 4.79 Å². The number of aromatic hydroxyl groups is 1. The van der Waals surface area contributed by atoms with Gasteiger partial charge in [-0.05, 0) is 56.2 Å². The van der Waals surface area contributed by atoms with E-state index in [0.717, 1.165) is 24.9 Å². The number of aliphatic hydroxyl groups is 1. The molecule has 7 nitrogen and oxygen atoms in total. The molecule has 0 aliphatic heterocycles. The van der Waals surface area contributed by atoms with E-state index >= 15 is 0 Å². The molecule has 156 valence electrons. The molecule has 0 bridgehead atoms. The molecule has 1 rings (SSSR count). The minimum atomic E-state index is -0.792. The van der Waals surface area contributed by atoms with Crippen LogP contribution in [-0.4, -0.2) is 48.1 Å². The third-order valence-electron chi connectivity index (χ3n) is 3.71. The summed E-state index contributed by atoms with van der Waals surface area (Å²) in [4.78, 5) is 10.5. The lowest BCUT2D eigenvalue weighted by atomic mass is 10.1. The van der Waals surface area contributed by atoms with Gasteiger partial charge in [0.1, 0.15) is 0 Å². The van der Waals surface area contributed by atoms with Gasteiger partial charge in [0.05, 0.1) is 20.6 Å². The first-order chi connectivity index (χ1) is 13.3. The first kappa shape index (κ1) is 25.1. The summed E-state index contributed by atoms with van der Waals surface area (Å²) in [6, 6.07) is 5.32. The zero-order chi connectivity index (χ0) is 21.5. The standard InChI is InChI=1S/C14H21NO4.C7H10O2/c1-10(8-14(17)18)15-7-3-4-11-5-6-13(19-2)12(16)9-11;1-4-6(8)7(5-2)9-3/h5-6,9-10,15-16H,3-4,7-8H2,1-2H3,(H,17,18);4-5,8H,1-2H2,3H3/b;7-6-. The van der Waals surface area contributed by atoms with Crippen LogP contribution in [0.4, 0.5) is 0 Å². The van der Waals surface area contributed by atoms with E-state index in [4.69, 9.17) is 19.7 Å². The van der Waals surface area contributed by atoms with Gasteiger partial charge < -0.3 is 30.1 Å². The molecule has 7 heteroatoms. The number of rotatable bonds is 11. The SMILES string of the molecule is C=C/C(O)=C(\C=C)OC.COc1ccc(CCCNC(C)CC(=O)O)cc1O. The maximum absolute atomic E-state index is 10.5. The minimum absolute atomic E-state index is 0.00694. The third-order valence-corrected chi connectivity index (χ3v) is 3.71. The van der Waals surface area contributed by atoms with Crippen molar-refractivity contribution in [2.45, 2.75) is 32.2 Å². The number of carboxylic acid groups (broad SMARTS) is 1. The van der Waals surface area contributed by atoms with Crippen LogP contribution in [-0.2, 0) is 16.0 Å². The Labute approximate surface area is 166 Å². The lowest BCUT2D eigenvalue weighted by Gasteiger charge is -2.11. The van der Waals surface area contributed by atoms with Gasteiger partial charge in [0, 0.05) is 6.04 Å². The molecule has 0 saturated heterocycles. The van der Waals surface area contributed by atoms with E-state index in [1.807, 2.05) is 13.0 Å². The molecule has 4 N–H and O–H groups in total. The van der Waals surface area contributed by atoms with Crippen LogP contribution in [0.5, 0.6) is 11.5 Å². The normalized spacial score (nSPS) is 12.0. The van der Waals surface area contributed by atoms with Crippen LogP contribution in [0.25, 0.3) is 0 Å². The maximum Gasteiger partial charge on any atom is 0.304 e. The van der Waals surface area contributed by atoms with Crippen molar-refractivity contribution < 1.29 is 29.6 Å². The fourth-order valence-corrected chi connectivity index (χ4v) is 2.26. The number of hydrogen-bond donors (Lipinski definition) is 4. The molecule has 0 heterocycles. The van der Waals surface area contributed by atoms with E-state index in [9.17, 15) is 9.90 Å². The molecular weight excluding hydrogens is 362 g/mol. The molecule has 1 aromatic rings. The van der Waals surface area contributed by atoms with E-state index in [1.54, 1.807) is 12.1 Å². The van der Waals surface area contributed by atoms with E-state index in [0.29, 0.717) is 11.5 Å². The summed E-state index contributed by atoms with van der Waals surface area (Å²) in [7, 11) is 2.97. The fourth-order valence-electron chi connectivity index (χ4n) is 2.26. The number of phenolic OH excluding ortho intramolecular Hbond substituents is 1. The van der Waals surface area contributed by atoms with Crippen molar-refractivity contribution in [1.29, 1.82) is 0 Å². The van der Waals surface area contributed by atoms with Gasteiger partial charge in [0.25, 0.3) is 0 Å². The predicted octanol–water partition coefficient (Wildman–Crippen LogP) is 3.56. The highest BCUT2D eigenvalue weighted by atomic mass is 16.5. The monoisotopic (exact) mass is 393 g/mol. The van der Waals surface area contributed by atoms with Gasteiger partial charge in [-0.15, -0.1) is 0 Å². The van der Waals surface area contributed by atoms with Crippen LogP contribution >= 0.6 is 0 Å². The Balaban J connectivity index is 0.000000684. The summed E-state index contributed by atoms with van der Waals surface area (Å²) in [6.45, 7) is 9.36. The molecule has 0 spiro atoms. The zero-order valence-corrected chi connectivity index (χ0v) is 16.8. The van der Waals surface area contributed by atoms with Crippen LogP contribution in [0, 0.1) is 0 Å². The largest absolute Gasteiger partial charge is 0.504 e.